The van der Waals surface area contributed by atoms with Crippen LogP contribution in [0.25, 0.3) is 0 Å². The fourth-order valence-electron chi connectivity index (χ4n) is 15.1. The molecular weight excluding hydrogens is 1680 g/mol. The summed E-state index contributed by atoms with van der Waals surface area (Å²) in [5.74, 6) is -1.55. The first-order valence-electron chi connectivity index (χ1n) is 53.8. The van der Waals surface area contributed by atoms with E-state index in [0.717, 1.165) is 135 Å². The molecule has 131 heavy (non-hydrogen) atoms. The number of allylic oxidation sites excluding steroid dienone is 26. The topological polar surface area (TPSA) is 231 Å². The quantitative estimate of drug-likeness (QED) is 0.0146. The van der Waals surface area contributed by atoms with Crippen LogP contribution >= 0.6 is 15.6 Å². The maximum absolute atomic E-state index is 13.2. The minimum atomic E-state index is -4.95. The molecule has 756 valence electrons. The molecule has 0 saturated heterocycles. The van der Waals surface area contributed by atoms with Crippen LogP contribution in [0.15, 0.2) is 158 Å². The van der Waals surface area contributed by atoms with Gasteiger partial charge < -0.3 is 34.2 Å². The molecule has 0 aliphatic heterocycles. The fourth-order valence-corrected chi connectivity index (χ4v) is 16.7. The van der Waals surface area contributed by atoms with Gasteiger partial charge in [0.05, 0.1) is 26.4 Å². The minimum absolute atomic E-state index is 0.103. The van der Waals surface area contributed by atoms with Gasteiger partial charge in [-0.2, -0.15) is 0 Å². The summed E-state index contributed by atoms with van der Waals surface area (Å²) in [7, 11) is -9.82. The largest absolute Gasteiger partial charge is 0.472 e. The van der Waals surface area contributed by atoms with Crippen LogP contribution in [0.2, 0.25) is 0 Å². The molecule has 0 aliphatic carbocycles. The molecule has 0 spiro atoms. The van der Waals surface area contributed by atoms with Crippen LogP contribution in [0.3, 0.4) is 0 Å². The van der Waals surface area contributed by atoms with Crippen molar-refractivity contribution in [2.45, 2.75) is 501 Å². The number of esters is 3. The van der Waals surface area contributed by atoms with Gasteiger partial charge in [-0.15, -0.1) is 0 Å². The van der Waals surface area contributed by atoms with Crippen molar-refractivity contribution in [3.8, 4) is 0 Å². The van der Waals surface area contributed by atoms with Crippen LogP contribution < -0.4 is 0 Å². The number of phosphoric acid groups is 2. The number of ether oxygens (including phenoxy) is 3. The van der Waals surface area contributed by atoms with Crippen molar-refractivity contribution in [2.75, 3.05) is 39.6 Å². The molecule has 0 aliphatic rings. The summed E-state index contributed by atoms with van der Waals surface area (Å²) in [5, 5.41) is 20.8. The average molecular weight is 1870 g/mol. The Morgan fingerprint density at radius 3 is 0.641 bits per heavy atom. The number of unbranched alkanes of at least 4 members (excludes halogenated alkanes) is 53. The zero-order valence-electron chi connectivity index (χ0n) is 84.0. The molecule has 18 heteroatoms. The highest BCUT2D eigenvalue weighted by atomic mass is 31.2. The first-order valence-corrected chi connectivity index (χ1v) is 56.8. The van der Waals surface area contributed by atoms with Crippen molar-refractivity contribution >= 4 is 33.6 Å². The Hall–Kier alpha value is -4.83. The normalized spacial score (nSPS) is 14.2. The molecule has 4 N–H and O–H groups in total. The van der Waals surface area contributed by atoms with E-state index in [9.17, 15) is 43.5 Å². The van der Waals surface area contributed by atoms with E-state index in [0.29, 0.717) is 19.3 Å². The highest BCUT2D eigenvalue weighted by molar-refractivity contribution is 7.47. The molecule has 0 heterocycles. The van der Waals surface area contributed by atoms with Crippen molar-refractivity contribution in [2.24, 2.45) is 0 Å². The summed E-state index contributed by atoms with van der Waals surface area (Å²) < 4.78 is 61.8. The van der Waals surface area contributed by atoms with Crippen molar-refractivity contribution in [1.29, 1.82) is 0 Å². The van der Waals surface area contributed by atoms with Gasteiger partial charge in [0.1, 0.15) is 25.4 Å². The predicted octanol–water partition coefficient (Wildman–Crippen LogP) is 34.4. The molecule has 0 rings (SSSR count). The van der Waals surface area contributed by atoms with E-state index < -0.39 is 91.5 Å². The molecular formula is C113H198O16P2. The van der Waals surface area contributed by atoms with Crippen LogP contribution in [0.4, 0.5) is 0 Å². The third-order valence-corrected chi connectivity index (χ3v) is 25.1. The van der Waals surface area contributed by atoms with Gasteiger partial charge in [0.2, 0.25) is 0 Å². The zero-order chi connectivity index (χ0) is 95.0. The van der Waals surface area contributed by atoms with Gasteiger partial charge in [0.25, 0.3) is 0 Å². The summed E-state index contributed by atoms with van der Waals surface area (Å²) in [4.78, 5) is 59.3. The maximum atomic E-state index is 13.2. The highest BCUT2D eigenvalue weighted by Crippen LogP contribution is 2.45. The Balaban J connectivity index is 4.60. The smallest absolute Gasteiger partial charge is 0.463 e. The Morgan fingerprint density at radius 1 is 0.221 bits per heavy atom. The zero-order valence-corrected chi connectivity index (χ0v) is 85.8. The van der Waals surface area contributed by atoms with E-state index in [-0.39, 0.29) is 19.3 Å². The first kappa shape index (κ1) is 126. The SMILES string of the molecule is CC/C=C\C/C=C\C/C=C\C/C=C\C/C=C\CCCCCCCCCCCCCCCCCC(=O)OCC(COP(=O)(O)OCC(O)COP(=O)(O)OCC(O)COC(=O)CCCCCCCCCCCCCCCCCCC/C=C\C/C=C\C/C=C\C/C=C\CCCCC)OC(=O)CCCCCCCCCCCCCCCCC/C=C\C/C=C\C/C=C\C/C=C\CCCCC. The Kier molecular flexibility index (Phi) is 100. The molecule has 0 aromatic heterocycles. The number of rotatable bonds is 102. The van der Waals surface area contributed by atoms with Crippen LogP contribution in [-0.4, -0.2) is 95.9 Å². The second-order valence-corrected chi connectivity index (χ2v) is 38.9. The molecule has 0 radical (unpaired) electrons. The molecule has 0 saturated carbocycles. The number of phosphoric ester groups is 2. The van der Waals surface area contributed by atoms with Crippen molar-refractivity contribution in [3.63, 3.8) is 0 Å². The van der Waals surface area contributed by atoms with Crippen LogP contribution in [0.5, 0.6) is 0 Å². The van der Waals surface area contributed by atoms with Gasteiger partial charge >= 0.3 is 33.6 Å². The van der Waals surface area contributed by atoms with Gasteiger partial charge in [-0.1, -0.05) is 468 Å². The molecule has 16 nitrogen and oxygen atoms in total. The molecule has 0 bridgehead atoms. The standard InChI is InChI=1S/C113H198O16P2/c1-4-7-10-13-16-19-22-25-28-31-34-37-40-43-46-49-52-53-56-58-60-63-66-69-72-75-78-81-84-87-90-93-96-99-111(116)123-102-108(114)103-125-130(119,120)126-104-109(115)105-127-131(121,122)128-107-110(129-113(118)101-98-95-92-89-86-83-80-77-74-71-68-65-62-59-55-51-48-45-42-39-36-33-30-27-24-21-18-15-12-9-6-3)106-124-112(117)100-97-94-91-88-85-82-79-76-73-70-67-64-61-57-54-50-47-44-41-38-35-32-29-26-23-20-17-14-11-8-5-2/h8,11,16-21,25-30,34-39,43-48,108-110,114-115H,4-7,9-10,12-15,22-24,31-33,40-42,49-107H2,1-3H3,(H,119,120)(H,121,122)/b11-8-,19-16-,20-17-,21-18-,28-25-,29-26-,30-27-,37-34-,38-35-,39-36-,46-43-,47-44-,48-45-. The number of hydrogen-bond donors (Lipinski definition) is 4. The lowest BCUT2D eigenvalue weighted by molar-refractivity contribution is -0.161. The van der Waals surface area contributed by atoms with Gasteiger partial charge in [0, 0.05) is 19.3 Å². The van der Waals surface area contributed by atoms with E-state index in [1.54, 1.807) is 0 Å². The molecule has 0 aromatic carbocycles. The average Bonchev–Trinajstić information content (AvgIpc) is 0.896. The van der Waals surface area contributed by atoms with Crippen LogP contribution in [0, 0.1) is 0 Å². The summed E-state index contributed by atoms with van der Waals surface area (Å²) in [6, 6.07) is 0. The van der Waals surface area contributed by atoms with Crippen molar-refractivity contribution in [3.05, 3.63) is 158 Å². The van der Waals surface area contributed by atoms with Gasteiger partial charge in [-0.3, -0.25) is 32.5 Å². The second-order valence-electron chi connectivity index (χ2n) is 36.0. The predicted molar refractivity (Wildman–Crippen MR) is 556 cm³/mol. The molecule has 5 unspecified atom stereocenters. The van der Waals surface area contributed by atoms with E-state index in [1.807, 2.05) is 0 Å². The van der Waals surface area contributed by atoms with E-state index in [1.165, 1.54) is 289 Å². The van der Waals surface area contributed by atoms with Gasteiger partial charge in [-0.05, 0) is 154 Å². The fraction of sp³-hybridized carbons (Fsp3) is 0.743. The minimum Gasteiger partial charge on any atom is -0.463 e. The lowest BCUT2D eigenvalue weighted by Crippen LogP contribution is -2.30. The highest BCUT2D eigenvalue weighted by Gasteiger charge is 2.30. The Labute approximate surface area is 803 Å². The van der Waals surface area contributed by atoms with E-state index in [2.05, 4.69) is 179 Å². The van der Waals surface area contributed by atoms with E-state index >= 15 is 0 Å². The summed E-state index contributed by atoms with van der Waals surface area (Å²) in [6.07, 6.45) is 136. The number of carbonyl (C=O) groups is 3. The Bertz CT molecular complexity index is 3010. The van der Waals surface area contributed by atoms with Crippen LogP contribution in [0.1, 0.15) is 483 Å². The first-order chi connectivity index (χ1) is 64.2. The van der Waals surface area contributed by atoms with Gasteiger partial charge in [-0.25, -0.2) is 9.13 Å². The van der Waals surface area contributed by atoms with Crippen molar-refractivity contribution < 1.29 is 75.8 Å². The van der Waals surface area contributed by atoms with Gasteiger partial charge in [0.15, 0.2) is 6.10 Å². The Morgan fingerprint density at radius 2 is 0.405 bits per heavy atom. The van der Waals surface area contributed by atoms with Crippen molar-refractivity contribution in [1.82, 2.24) is 0 Å². The third kappa shape index (κ3) is 105. The molecule has 0 fully saturated rings. The monoisotopic (exact) mass is 1870 g/mol. The molecule has 0 amide bonds. The maximum Gasteiger partial charge on any atom is 0.472 e. The number of aliphatic hydroxyl groups is 2. The number of aliphatic hydroxyl groups excluding tert-OH is 2. The molecule has 0 aromatic rings. The summed E-state index contributed by atoms with van der Waals surface area (Å²) in [5.41, 5.74) is 0. The summed E-state index contributed by atoms with van der Waals surface area (Å²) >= 11 is 0. The number of hydrogen-bond acceptors (Lipinski definition) is 14. The lowest BCUT2D eigenvalue weighted by atomic mass is 10.0. The second kappa shape index (κ2) is 104. The summed E-state index contributed by atoms with van der Waals surface area (Å²) in [6.45, 7) is 2.61. The van der Waals surface area contributed by atoms with Crippen LogP contribution in [-0.2, 0) is 55.8 Å². The van der Waals surface area contributed by atoms with E-state index in [4.69, 9.17) is 32.3 Å². The molecule has 5 atom stereocenters. The lowest BCUT2D eigenvalue weighted by Gasteiger charge is -2.21. The third-order valence-electron chi connectivity index (χ3n) is 23.2. The number of carbonyl (C=O) groups excluding carboxylic acids is 3.